The van der Waals surface area contributed by atoms with Gasteiger partial charge in [-0.3, -0.25) is 0 Å². The van der Waals surface area contributed by atoms with Crippen LogP contribution in [0.25, 0.3) is 10.9 Å². The Morgan fingerprint density at radius 1 is 0.941 bits per heavy atom. The lowest BCUT2D eigenvalue weighted by molar-refractivity contribution is 0.326. The highest BCUT2D eigenvalue weighted by molar-refractivity contribution is 5.79. The van der Waals surface area contributed by atoms with Crippen LogP contribution in [0.15, 0.2) is 36.5 Å². The van der Waals surface area contributed by atoms with Gasteiger partial charge in [-0.25, -0.2) is 0 Å². The average Bonchev–Trinajstić information content (AvgIpc) is 2.99. The first-order chi connectivity index (χ1) is 8.43. The number of rotatable bonds is 4. The van der Waals surface area contributed by atoms with E-state index in [0.29, 0.717) is 0 Å². The molecule has 2 aromatic rings. The molecular weight excluding hydrogens is 208 g/mol. The molecule has 0 atom stereocenters. The van der Waals surface area contributed by atoms with E-state index in [9.17, 15) is 0 Å². The highest BCUT2D eigenvalue weighted by Crippen LogP contribution is 2.15. The Balaban J connectivity index is 1.60. The number of hydrogen-bond acceptors (Lipinski definition) is 1. The van der Waals surface area contributed by atoms with Crippen molar-refractivity contribution in [3.05, 3.63) is 36.5 Å². The van der Waals surface area contributed by atoms with Crippen molar-refractivity contribution in [1.29, 1.82) is 0 Å². The molecule has 0 aliphatic carbocycles. The molecule has 2 heterocycles. The lowest BCUT2D eigenvalue weighted by Gasteiger charge is -2.14. The van der Waals surface area contributed by atoms with Gasteiger partial charge in [0.2, 0.25) is 0 Å². The van der Waals surface area contributed by atoms with Gasteiger partial charge in [-0.05, 0) is 56.4 Å². The van der Waals surface area contributed by atoms with Gasteiger partial charge in [0.25, 0.3) is 0 Å². The SMILES string of the molecule is c1ccc2c(c1)ccn2CCCN1CCCC1. The molecule has 2 nitrogen and oxygen atoms in total. The maximum absolute atomic E-state index is 2.59. The summed E-state index contributed by atoms with van der Waals surface area (Å²) in [6.07, 6.45) is 6.27. The van der Waals surface area contributed by atoms with Crippen LogP contribution in [0.3, 0.4) is 0 Å². The predicted octanol–water partition coefficient (Wildman–Crippen LogP) is 3.13. The number of likely N-dealkylation sites (tertiary alicyclic amines) is 1. The van der Waals surface area contributed by atoms with Gasteiger partial charge in [-0.2, -0.15) is 0 Å². The van der Waals surface area contributed by atoms with Crippen molar-refractivity contribution >= 4 is 10.9 Å². The largest absolute Gasteiger partial charge is 0.347 e. The maximum atomic E-state index is 2.59. The Kier molecular flexibility index (Phi) is 3.14. The topological polar surface area (TPSA) is 8.17 Å². The molecule has 1 aliphatic rings. The molecular formula is C15H20N2. The molecule has 0 amide bonds. The Labute approximate surface area is 103 Å². The molecule has 0 saturated carbocycles. The first-order valence-corrected chi connectivity index (χ1v) is 6.70. The van der Waals surface area contributed by atoms with Crippen LogP contribution >= 0.6 is 0 Å². The Morgan fingerprint density at radius 3 is 2.65 bits per heavy atom. The zero-order valence-electron chi connectivity index (χ0n) is 10.3. The highest BCUT2D eigenvalue weighted by Gasteiger charge is 2.10. The van der Waals surface area contributed by atoms with Crippen LogP contribution in [0, 0.1) is 0 Å². The Hall–Kier alpha value is -1.28. The van der Waals surface area contributed by atoms with Crippen LogP contribution in [-0.2, 0) is 6.54 Å². The second kappa shape index (κ2) is 4.92. The van der Waals surface area contributed by atoms with Crippen LogP contribution in [0.1, 0.15) is 19.3 Å². The average molecular weight is 228 g/mol. The van der Waals surface area contributed by atoms with E-state index in [1.807, 2.05) is 0 Å². The van der Waals surface area contributed by atoms with Gasteiger partial charge in [0.1, 0.15) is 0 Å². The normalized spacial score (nSPS) is 16.9. The van der Waals surface area contributed by atoms with Crippen LogP contribution in [0.5, 0.6) is 0 Å². The fraction of sp³-hybridized carbons (Fsp3) is 0.467. The predicted molar refractivity (Wildman–Crippen MR) is 72.2 cm³/mol. The van der Waals surface area contributed by atoms with E-state index < -0.39 is 0 Å². The second-order valence-corrected chi connectivity index (χ2v) is 4.97. The number of aromatic nitrogens is 1. The molecule has 3 rings (SSSR count). The second-order valence-electron chi connectivity index (χ2n) is 4.97. The smallest absolute Gasteiger partial charge is 0.0480 e. The molecule has 17 heavy (non-hydrogen) atoms. The van der Waals surface area contributed by atoms with Crippen LogP contribution in [-0.4, -0.2) is 29.1 Å². The number of benzene rings is 1. The number of aryl methyl sites for hydroxylation is 1. The van der Waals surface area contributed by atoms with Crippen molar-refractivity contribution in [2.45, 2.75) is 25.8 Å². The Morgan fingerprint density at radius 2 is 1.76 bits per heavy atom. The van der Waals surface area contributed by atoms with Crippen LogP contribution in [0.4, 0.5) is 0 Å². The summed E-state index contributed by atoms with van der Waals surface area (Å²) in [6, 6.07) is 10.8. The van der Waals surface area contributed by atoms with Crippen molar-refractivity contribution in [1.82, 2.24) is 9.47 Å². The van der Waals surface area contributed by atoms with E-state index in [1.165, 1.54) is 49.8 Å². The van der Waals surface area contributed by atoms with E-state index in [2.05, 4.69) is 46.0 Å². The first kappa shape index (κ1) is 10.8. The van der Waals surface area contributed by atoms with E-state index >= 15 is 0 Å². The Bertz CT molecular complexity index is 480. The molecule has 0 N–H and O–H groups in total. The van der Waals surface area contributed by atoms with Gasteiger partial charge in [0.05, 0.1) is 0 Å². The molecule has 0 unspecified atom stereocenters. The lowest BCUT2D eigenvalue weighted by atomic mass is 10.2. The molecule has 0 radical (unpaired) electrons. The summed E-state index contributed by atoms with van der Waals surface area (Å²) in [6.45, 7) is 5.02. The van der Waals surface area contributed by atoms with Gasteiger partial charge in [0.15, 0.2) is 0 Å². The summed E-state index contributed by atoms with van der Waals surface area (Å²) in [5.74, 6) is 0. The molecule has 1 aliphatic heterocycles. The summed E-state index contributed by atoms with van der Waals surface area (Å²) in [5.41, 5.74) is 1.37. The van der Waals surface area contributed by atoms with Crippen molar-refractivity contribution in [2.75, 3.05) is 19.6 Å². The third kappa shape index (κ3) is 2.37. The molecule has 1 aromatic heterocycles. The fourth-order valence-corrected chi connectivity index (χ4v) is 2.81. The van der Waals surface area contributed by atoms with Gasteiger partial charge in [-0.15, -0.1) is 0 Å². The van der Waals surface area contributed by atoms with E-state index in [1.54, 1.807) is 0 Å². The standard InChI is InChI=1S/C15H20N2/c1-2-7-15-14(6-1)8-13-17(15)12-5-11-16-9-3-4-10-16/h1-2,6-8,13H,3-5,9-12H2. The van der Waals surface area contributed by atoms with E-state index in [0.717, 1.165) is 6.54 Å². The zero-order valence-corrected chi connectivity index (χ0v) is 10.3. The molecule has 90 valence electrons. The summed E-state index contributed by atoms with van der Waals surface area (Å²) in [4.78, 5) is 2.59. The van der Waals surface area contributed by atoms with Crippen LogP contribution in [0.2, 0.25) is 0 Å². The molecule has 0 spiro atoms. The highest BCUT2D eigenvalue weighted by atomic mass is 15.1. The molecule has 0 bridgehead atoms. The zero-order chi connectivity index (χ0) is 11.5. The van der Waals surface area contributed by atoms with Crippen molar-refractivity contribution < 1.29 is 0 Å². The minimum atomic E-state index is 1.14. The van der Waals surface area contributed by atoms with Crippen molar-refractivity contribution in [3.8, 4) is 0 Å². The van der Waals surface area contributed by atoms with E-state index in [-0.39, 0.29) is 0 Å². The number of hydrogen-bond donors (Lipinski definition) is 0. The monoisotopic (exact) mass is 228 g/mol. The molecule has 2 heteroatoms. The fourth-order valence-electron chi connectivity index (χ4n) is 2.81. The van der Waals surface area contributed by atoms with Crippen molar-refractivity contribution in [3.63, 3.8) is 0 Å². The molecule has 1 aromatic carbocycles. The summed E-state index contributed by atoms with van der Waals surface area (Å²) in [7, 11) is 0. The minimum Gasteiger partial charge on any atom is -0.347 e. The summed E-state index contributed by atoms with van der Waals surface area (Å²) in [5, 5.41) is 1.36. The molecule has 1 fully saturated rings. The lowest BCUT2D eigenvalue weighted by Crippen LogP contribution is -2.21. The minimum absolute atomic E-state index is 1.14. The number of fused-ring (bicyclic) bond motifs is 1. The molecule has 1 saturated heterocycles. The maximum Gasteiger partial charge on any atom is 0.0480 e. The summed E-state index contributed by atoms with van der Waals surface area (Å²) < 4.78 is 2.38. The third-order valence-electron chi connectivity index (χ3n) is 3.75. The number of para-hydroxylation sites is 1. The van der Waals surface area contributed by atoms with E-state index in [4.69, 9.17) is 0 Å². The van der Waals surface area contributed by atoms with Gasteiger partial charge in [0, 0.05) is 18.3 Å². The van der Waals surface area contributed by atoms with Gasteiger partial charge < -0.3 is 9.47 Å². The first-order valence-electron chi connectivity index (χ1n) is 6.70. The third-order valence-corrected chi connectivity index (χ3v) is 3.75. The number of nitrogens with zero attached hydrogens (tertiary/aromatic N) is 2. The van der Waals surface area contributed by atoms with Crippen molar-refractivity contribution in [2.24, 2.45) is 0 Å². The van der Waals surface area contributed by atoms with Gasteiger partial charge in [-0.1, -0.05) is 18.2 Å². The van der Waals surface area contributed by atoms with Gasteiger partial charge >= 0.3 is 0 Å². The van der Waals surface area contributed by atoms with Crippen LogP contribution < -0.4 is 0 Å². The summed E-state index contributed by atoms with van der Waals surface area (Å²) >= 11 is 0. The quantitative estimate of drug-likeness (QED) is 0.780.